The summed E-state index contributed by atoms with van der Waals surface area (Å²) in [6, 6.07) is 22.0. The first-order chi connectivity index (χ1) is 19.6. The van der Waals surface area contributed by atoms with Gasteiger partial charge in [-0.3, -0.25) is 9.59 Å². The van der Waals surface area contributed by atoms with Gasteiger partial charge in [-0.05, 0) is 41.5 Å². The quantitative estimate of drug-likeness (QED) is 0.268. The lowest BCUT2D eigenvalue weighted by Crippen LogP contribution is -2.33. The van der Waals surface area contributed by atoms with E-state index in [2.05, 4.69) is 15.3 Å². The minimum absolute atomic E-state index is 0.0415. The summed E-state index contributed by atoms with van der Waals surface area (Å²) in [4.78, 5) is 34.3. The number of imidazole rings is 1. The Balaban J connectivity index is 1.24. The van der Waals surface area contributed by atoms with Crippen LogP contribution in [0.2, 0.25) is 0 Å². The zero-order valence-electron chi connectivity index (χ0n) is 21.5. The molecule has 1 amide bonds. The van der Waals surface area contributed by atoms with Crippen LogP contribution in [0.1, 0.15) is 34.9 Å². The van der Waals surface area contributed by atoms with Gasteiger partial charge in [-0.25, -0.2) is 4.98 Å². The molecule has 2 aromatic heterocycles. The third kappa shape index (κ3) is 5.38. The first-order valence-electron chi connectivity index (χ1n) is 13.0. The molecule has 202 valence electrons. The molecule has 0 saturated heterocycles. The Hall–Kier alpha value is -4.73. The lowest BCUT2D eigenvalue weighted by molar-refractivity contribution is -0.150. The van der Waals surface area contributed by atoms with Crippen LogP contribution in [0.5, 0.6) is 0 Å². The molecular formula is C31H27N3O6. The second kappa shape index (κ2) is 11.2. The van der Waals surface area contributed by atoms with Crippen LogP contribution < -0.4 is 10.7 Å². The summed E-state index contributed by atoms with van der Waals surface area (Å²) in [5, 5.41) is 12.6. The molecule has 2 atom stereocenters. The van der Waals surface area contributed by atoms with E-state index in [0.29, 0.717) is 28.8 Å². The highest BCUT2D eigenvalue weighted by atomic mass is 16.7. The van der Waals surface area contributed by atoms with Crippen LogP contribution >= 0.6 is 0 Å². The van der Waals surface area contributed by atoms with Crippen molar-refractivity contribution in [1.82, 2.24) is 15.3 Å². The molecule has 0 bridgehead atoms. The van der Waals surface area contributed by atoms with Crippen LogP contribution in [0.3, 0.4) is 0 Å². The molecule has 3 heterocycles. The Bertz CT molecular complexity index is 1720. The van der Waals surface area contributed by atoms with Crippen molar-refractivity contribution >= 4 is 27.9 Å². The number of para-hydroxylation sites is 3. The number of benzene rings is 3. The Morgan fingerprint density at radius 1 is 1.05 bits per heavy atom. The molecule has 5 aromatic rings. The maximum atomic E-state index is 13.3. The van der Waals surface area contributed by atoms with E-state index in [-0.39, 0.29) is 30.9 Å². The number of rotatable bonds is 8. The van der Waals surface area contributed by atoms with Crippen LogP contribution in [0.25, 0.3) is 22.0 Å². The molecule has 40 heavy (non-hydrogen) atoms. The van der Waals surface area contributed by atoms with E-state index < -0.39 is 18.1 Å². The van der Waals surface area contributed by atoms with Crippen molar-refractivity contribution in [2.75, 3.05) is 0 Å². The molecule has 1 aliphatic heterocycles. The fourth-order valence-electron chi connectivity index (χ4n) is 4.75. The lowest BCUT2D eigenvalue weighted by atomic mass is 9.93. The fourth-order valence-corrected chi connectivity index (χ4v) is 4.75. The van der Waals surface area contributed by atoms with Crippen molar-refractivity contribution in [1.29, 1.82) is 0 Å². The molecule has 0 radical (unpaired) electrons. The first kappa shape index (κ1) is 25.5. The molecule has 0 unspecified atom stereocenters. The molecule has 9 nitrogen and oxygen atoms in total. The summed E-state index contributed by atoms with van der Waals surface area (Å²) in [6.45, 7) is 0.350. The van der Waals surface area contributed by atoms with E-state index in [0.717, 1.165) is 22.2 Å². The average molecular weight is 538 g/mol. The number of amides is 1. The van der Waals surface area contributed by atoms with E-state index in [9.17, 15) is 14.7 Å². The Kier molecular flexibility index (Phi) is 7.13. The SMILES string of the molecule is O=C(NCc1nc2ccccc2[nH]1)C1=C[C@H](c2coc3ccccc3c2=O)C[C@H](OCc2ccc(CO)cc2)O1. The zero-order chi connectivity index (χ0) is 27.5. The molecule has 0 aliphatic carbocycles. The average Bonchev–Trinajstić information content (AvgIpc) is 3.42. The second-order valence-electron chi connectivity index (χ2n) is 9.61. The maximum absolute atomic E-state index is 13.3. The van der Waals surface area contributed by atoms with Crippen molar-refractivity contribution in [3.05, 3.63) is 124 Å². The number of H-pyrrole nitrogens is 1. The van der Waals surface area contributed by atoms with Gasteiger partial charge in [-0.1, -0.05) is 48.5 Å². The van der Waals surface area contributed by atoms with Gasteiger partial charge >= 0.3 is 0 Å². The van der Waals surface area contributed by atoms with E-state index in [1.807, 2.05) is 48.5 Å². The van der Waals surface area contributed by atoms with Crippen molar-refractivity contribution in [3.63, 3.8) is 0 Å². The topological polar surface area (TPSA) is 127 Å². The molecule has 3 aromatic carbocycles. The summed E-state index contributed by atoms with van der Waals surface area (Å²) in [5.41, 5.74) is 4.12. The molecule has 0 saturated carbocycles. The fraction of sp³-hybridized carbons (Fsp3) is 0.194. The van der Waals surface area contributed by atoms with Crippen molar-refractivity contribution in [2.24, 2.45) is 0 Å². The number of carbonyl (C=O) groups excluding carboxylic acids is 1. The number of ether oxygens (including phenoxy) is 2. The van der Waals surface area contributed by atoms with Gasteiger partial charge < -0.3 is 29.3 Å². The highest BCUT2D eigenvalue weighted by Gasteiger charge is 2.31. The smallest absolute Gasteiger partial charge is 0.286 e. The number of aromatic amines is 1. The van der Waals surface area contributed by atoms with Gasteiger partial charge in [-0.15, -0.1) is 0 Å². The van der Waals surface area contributed by atoms with E-state index >= 15 is 0 Å². The monoisotopic (exact) mass is 537 g/mol. The van der Waals surface area contributed by atoms with Gasteiger partial charge in [-0.2, -0.15) is 0 Å². The number of nitrogens with zero attached hydrogens (tertiary/aromatic N) is 1. The highest BCUT2D eigenvalue weighted by Crippen LogP contribution is 2.31. The predicted octanol–water partition coefficient (Wildman–Crippen LogP) is 4.41. The Labute approximate surface area is 229 Å². The standard InChI is InChI=1S/C31H27N3O6/c35-16-19-9-11-20(12-10-19)17-39-29-14-21(23-18-38-26-8-4-1-5-22(26)30(23)36)13-27(40-29)31(37)32-15-28-33-24-6-2-3-7-25(24)34-28/h1-13,18,21,29,35H,14-17H2,(H,32,37)(H,33,34)/t21-,29+/m0/s1. The molecular weight excluding hydrogens is 510 g/mol. The summed E-state index contributed by atoms with van der Waals surface area (Å²) in [6.07, 6.45) is 2.62. The Morgan fingerprint density at radius 2 is 1.82 bits per heavy atom. The predicted molar refractivity (Wildman–Crippen MR) is 148 cm³/mol. The van der Waals surface area contributed by atoms with E-state index in [4.69, 9.17) is 13.9 Å². The summed E-state index contributed by atoms with van der Waals surface area (Å²) in [5.74, 6) is -0.253. The number of fused-ring (bicyclic) bond motifs is 2. The van der Waals surface area contributed by atoms with E-state index in [1.54, 1.807) is 30.3 Å². The minimum atomic E-state index is -0.787. The molecule has 1 aliphatic rings. The third-order valence-corrected chi connectivity index (χ3v) is 6.88. The van der Waals surface area contributed by atoms with Gasteiger partial charge in [0.25, 0.3) is 5.91 Å². The van der Waals surface area contributed by atoms with Gasteiger partial charge in [0.2, 0.25) is 6.29 Å². The first-order valence-corrected chi connectivity index (χ1v) is 13.0. The third-order valence-electron chi connectivity index (χ3n) is 6.88. The molecule has 0 spiro atoms. The number of hydrogen-bond acceptors (Lipinski definition) is 7. The van der Waals surface area contributed by atoms with Gasteiger partial charge in [0.05, 0.1) is 42.4 Å². The zero-order valence-corrected chi connectivity index (χ0v) is 21.5. The Morgan fingerprint density at radius 3 is 2.65 bits per heavy atom. The minimum Gasteiger partial charge on any atom is -0.464 e. The summed E-state index contributed by atoms with van der Waals surface area (Å²) >= 11 is 0. The van der Waals surface area contributed by atoms with Crippen molar-refractivity contribution < 1.29 is 23.8 Å². The molecule has 0 fully saturated rings. The van der Waals surface area contributed by atoms with Crippen LogP contribution in [-0.4, -0.2) is 27.3 Å². The number of aliphatic hydroxyl groups is 1. The number of aliphatic hydroxyl groups excluding tert-OH is 1. The normalized spacial score (nSPS) is 17.0. The van der Waals surface area contributed by atoms with Crippen LogP contribution in [0.15, 0.2) is 100 Å². The largest absolute Gasteiger partial charge is 0.464 e. The number of carbonyl (C=O) groups is 1. The van der Waals surface area contributed by atoms with Crippen LogP contribution in [-0.2, 0) is 34.0 Å². The van der Waals surface area contributed by atoms with Gasteiger partial charge in [0.15, 0.2) is 11.2 Å². The number of allylic oxidation sites excluding steroid dienone is 1. The second-order valence-corrected chi connectivity index (χ2v) is 9.61. The number of hydrogen-bond donors (Lipinski definition) is 3. The molecule has 9 heteroatoms. The van der Waals surface area contributed by atoms with Crippen molar-refractivity contribution in [3.8, 4) is 0 Å². The van der Waals surface area contributed by atoms with Crippen LogP contribution in [0, 0.1) is 0 Å². The lowest BCUT2D eigenvalue weighted by Gasteiger charge is -2.29. The van der Waals surface area contributed by atoms with Crippen molar-refractivity contribution in [2.45, 2.75) is 38.4 Å². The highest BCUT2D eigenvalue weighted by molar-refractivity contribution is 5.91. The number of nitrogens with one attached hydrogen (secondary N) is 2. The molecule has 3 N–H and O–H groups in total. The van der Waals surface area contributed by atoms with E-state index in [1.165, 1.54) is 6.26 Å². The number of aromatic nitrogens is 2. The van der Waals surface area contributed by atoms with Gasteiger partial charge in [0, 0.05) is 17.9 Å². The maximum Gasteiger partial charge on any atom is 0.286 e. The molecule has 6 rings (SSSR count). The summed E-state index contributed by atoms with van der Waals surface area (Å²) in [7, 11) is 0. The van der Waals surface area contributed by atoms with Crippen LogP contribution in [0.4, 0.5) is 0 Å². The summed E-state index contributed by atoms with van der Waals surface area (Å²) < 4.78 is 17.8. The van der Waals surface area contributed by atoms with Gasteiger partial charge in [0.1, 0.15) is 11.4 Å².